The van der Waals surface area contributed by atoms with E-state index in [-0.39, 0.29) is 17.9 Å². The van der Waals surface area contributed by atoms with Crippen molar-refractivity contribution in [2.75, 3.05) is 24.5 Å². The van der Waals surface area contributed by atoms with Gasteiger partial charge in [-0.05, 0) is 36.1 Å². The minimum absolute atomic E-state index is 0.0841. The highest BCUT2D eigenvalue weighted by atomic mass is 16.6. The highest BCUT2D eigenvalue weighted by Gasteiger charge is 2.32. The minimum Gasteiger partial charge on any atom is -0.442 e. The van der Waals surface area contributed by atoms with E-state index in [0.717, 1.165) is 30.6 Å². The Bertz CT molecular complexity index is 704. The normalized spacial score (nSPS) is 19.9. The lowest BCUT2D eigenvalue weighted by molar-refractivity contribution is -0.129. The summed E-state index contributed by atoms with van der Waals surface area (Å²) in [6.07, 6.45) is 1.05. The molecular weight excluding hydrogens is 322 g/mol. The van der Waals surface area contributed by atoms with Crippen LogP contribution in [0.1, 0.15) is 31.4 Å². The Morgan fingerprint density at radius 1 is 1.28 bits per heavy atom. The molecule has 134 valence electrons. The van der Waals surface area contributed by atoms with E-state index in [9.17, 15) is 14.4 Å². The summed E-state index contributed by atoms with van der Waals surface area (Å²) >= 11 is 0. The highest BCUT2D eigenvalue weighted by Crippen LogP contribution is 2.27. The Labute approximate surface area is 146 Å². The third kappa shape index (κ3) is 3.92. The van der Waals surface area contributed by atoms with Gasteiger partial charge in [0.05, 0.1) is 13.1 Å². The van der Waals surface area contributed by atoms with Crippen LogP contribution >= 0.6 is 0 Å². The number of hydrogen-bond acceptors (Lipinski definition) is 4. The molecule has 1 atom stereocenters. The first-order valence-electron chi connectivity index (χ1n) is 8.54. The zero-order chi connectivity index (χ0) is 18.0. The van der Waals surface area contributed by atoms with Crippen molar-refractivity contribution in [3.8, 4) is 0 Å². The summed E-state index contributed by atoms with van der Waals surface area (Å²) < 4.78 is 5.32. The molecule has 0 bridgehead atoms. The Balaban J connectivity index is 1.74. The second kappa shape index (κ2) is 7.13. The van der Waals surface area contributed by atoms with E-state index in [1.807, 2.05) is 23.1 Å². The van der Waals surface area contributed by atoms with Crippen molar-refractivity contribution in [1.82, 2.24) is 10.2 Å². The van der Waals surface area contributed by atoms with Crippen molar-refractivity contribution in [2.45, 2.75) is 39.3 Å². The molecule has 1 aromatic rings. The number of anilines is 1. The molecule has 2 heterocycles. The third-order valence-corrected chi connectivity index (χ3v) is 4.63. The fraction of sp³-hybridized carbons (Fsp3) is 0.500. The molecule has 1 saturated heterocycles. The van der Waals surface area contributed by atoms with Gasteiger partial charge in [0.15, 0.2) is 0 Å². The summed E-state index contributed by atoms with van der Waals surface area (Å²) in [5.41, 5.74) is 3.09. The number of nitrogens with one attached hydrogen (secondary N) is 1. The zero-order valence-corrected chi connectivity index (χ0v) is 14.6. The van der Waals surface area contributed by atoms with Gasteiger partial charge in [0.2, 0.25) is 11.8 Å². The molecule has 0 radical (unpaired) electrons. The predicted octanol–water partition coefficient (Wildman–Crippen LogP) is 1.44. The van der Waals surface area contributed by atoms with Crippen molar-refractivity contribution in [3.63, 3.8) is 0 Å². The summed E-state index contributed by atoms with van der Waals surface area (Å²) in [5, 5.41) is 2.67. The molecule has 0 saturated carbocycles. The van der Waals surface area contributed by atoms with Crippen LogP contribution < -0.4 is 10.2 Å². The summed E-state index contributed by atoms with van der Waals surface area (Å²) in [7, 11) is 0. The SMILES string of the molecule is CC(=O)NC[C@H]1CN(c2ccc3c(c2)CCCN(C(C)=O)C3)C(=O)O1. The van der Waals surface area contributed by atoms with Crippen LogP contribution in [-0.4, -0.2) is 48.5 Å². The van der Waals surface area contributed by atoms with E-state index in [2.05, 4.69) is 5.32 Å². The molecule has 1 N–H and O–H groups in total. The predicted molar refractivity (Wildman–Crippen MR) is 92.2 cm³/mol. The Morgan fingerprint density at radius 2 is 2.08 bits per heavy atom. The van der Waals surface area contributed by atoms with Gasteiger partial charge in [-0.1, -0.05) is 6.07 Å². The number of carbonyl (C=O) groups is 3. The van der Waals surface area contributed by atoms with Gasteiger partial charge in [-0.3, -0.25) is 14.5 Å². The molecule has 2 aliphatic heterocycles. The second-order valence-corrected chi connectivity index (χ2v) is 6.55. The number of cyclic esters (lactones) is 1. The van der Waals surface area contributed by atoms with Gasteiger partial charge >= 0.3 is 6.09 Å². The van der Waals surface area contributed by atoms with E-state index in [0.29, 0.717) is 19.6 Å². The van der Waals surface area contributed by atoms with E-state index < -0.39 is 6.09 Å². The molecular formula is C18H23N3O4. The molecule has 2 aliphatic rings. The van der Waals surface area contributed by atoms with Crippen LogP contribution in [0.3, 0.4) is 0 Å². The first kappa shape index (κ1) is 17.3. The van der Waals surface area contributed by atoms with Crippen LogP contribution in [0.2, 0.25) is 0 Å². The van der Waals surface area contributed by atoms with Gasteiger partial charge in [-0.15, -0.1) is 0 Å². The Kier molecular flexibility index (Phi) is 4.92. The summed E-state index contributed by atoms with van der Waals surface area (Å²) in [5.74, 6) is -0.0598. The van der Waals surface area contributed by atoms with E-state index in [4.69, 9.17) is 4.74 Å². The van der Waals surface area contributed by atoms with Crippen molar-refractivity contribution in [3.05, 3.63) is 29.3 Å². The maximum Gasteiger partial charge on any atom is 0.414 e. The number of carbonyl (C=O) groups excluding carboxylic acids is 3. The molecule has 0 spiro atoms. The first-order valence-corrected chi connectivity index (χ1v) is 8.54. The molecule has 3 rings (SSSR count). The molecule has 0 aliphatic carbocycles. The zero-order valence-electron chi connectivity index (χ0n) is 14.6. The molecule has 7 nitrogen and oxygen atoms in total. The van der Waals surface area contributed by atoms with Crippen LogP contribution in [-0.2, 0) is 27.3 Å². The Hall–Kier alpha value is -2.57. The summed E-state index contributed by atoms with van der Waals surface area (Å²) in [6, 6.07) is 5.89. The van der Waals surface area contributed by atoms with Crippen LogP contribution in [0.5, 0.6) is 0 Å². The lowest BCUT2D eigenvalue weighted by Gasteiger charge is -2.19. The largest absolute Gasteiger partial charge is 0.442 e. The maximum atomic E-state index is 12.1. The maximum absolute atomic E-state index is 12.1. The number of ether oxygens (including phenoxy) is 1. The average molecular weight is 345 g/mol. The lowest BCUT2D eigenvalue weighted by atomic mass is 10.0. The van der Waals surface area contributed by atoms with Gasteiger partial charge in [0, 0.05) is 32.6 Å². The van der Waals surface area contributed by atoms with Crippen molar-refractivity contribution < 1.29 is 19.1 Å². The van der Waals surface area contributed by atoms with Crippen molar-refractivity contribution in [2.24, 2.45) is 0 Å². The van der Waals surface area contributed by atoms with Crippen molar-refractivity contribution in [1.29, 1.82) is 0 Å². The van der Waals surface area contributed by atoms with Gasteiger partial charge in [0.1, 0.15) is 6.10 Å². The fourth-order valence-electron chi connectivity index (χ4n) is 3.28. The quantitative estimate of drug-likeness (QED) is 0.899. The second-order valence-electron chi connectivity index (χ2n) is 6.55. The smallest absolute Gasteiger partial charge is 0.414 e. The van der Waals surface area contributed by atoms with E-state index in [1.165, 1.54) is 12.5 Å². The summed E-state index contributed by atoms with van der Waals surface area (Å²) in [4.78, 5) is 38.2. The average Bonchev–Trinajstić information content (AvgIpc) is 2.80. The Morgan fingerprint density at radius 3 is 2.80 bits per heavy atom. The fourth-order valence-corrected chi connectivity index (χ4v) is 3.28. The van der Waals surface area contributed by atoms with Crippen molar-refractivity contribution >= 4 is 23.6 Å². The number of hydrogen-bond donors (Lipinski definition) is 1. The number of nitrogens with zero attached hydrogens (tertiary/aromatic N) is 2. The minimum atomic E-state index is -0.394. The molecule has 0 unspecified atom stereocenters. The number of amides is 3. The topological polar surface area (TPSA) is 79.0 Å². The number of benzene rings is 1. The number of fused-ring (bicyclic) bond motifs is 1. The highest BCUT2D eigenvalue weighted by molar-refractivity contribution is 5.90. The molecule has 1 fully saturated rings. The van der Waals surface area contributed by atoms with Gasteiger partial charge < -0.3 is 15.0 Å². The van der Waals surface area contributed by atoms with E-state index >= 15 is 0 Å². The number of rotatable bonds is 3. The molecule has 1 aromatic carbocycles. The molecule has 7 heteroatoms. The molecule has 25 heavy (non-hydrogen) atoms. The standard InChI is InChI=1S/C18H23N3O4/c1-12(22)19-9-17-11-21(18(24)25-17)16-6-5-15-10-20(13(2)23)7-3-4-14(15)8-16/h5-6,8,17H,3-4,7,9-11H2,1-2H3,(H,19,22)/t17-/m0/s1. The van der Waals surface area contributed by atoms with Gasteiger partial charge in [-0.2, -0.15) is 0 Å². The monoisotopic (exact) mass is 345 g/mol. The molecule has 3 amide bonds. The van der Waals surface area contributed by atoms with Crippen LogP contribution in [0.4, 0.5) is 10.5 Å². The van der Waals surface area contributed by atoms with Crippen LogP contribution in [0.25, 0.3) is 0 Å². The number of aryl methyl sites for hydroxylation is 1. The third-order valence-electron chi connectivity index (χ3n) is 4.63. The first-order chi connectivity index (χ1) is 11.9. The van der Waals surface area contributed by atoms with E-state index in [1.54, 1.807) is 11.8 Å². The lowest BCUT2D eigenvalue weighted by Crippen LogP contribution is -2.33. The molecule has 0 aromatic heterocycles. The van der Waals surface area contributed by atoms with Crippen LogP contribution in [0.15, 0.2) is 18.2 Å². The van der Waals surface area contributed by atoms with Gasteiger partial charge in [0.25, 0.3) is 0 Å². The summed E-state index contributed by atoms with van der Waals surface area (Å²) in [6.45, 7) is 5.12. The van der Waals surface area contributed by atoms with Crippen LogP contribution in [0, 0.1) is 0 Å². The van der Waals surface area contributed by atoms with Gasteiger partial charge in [-0.25, -0.2) is 4.79 Å².